The molecule has 1 aliphatic heterocycles. The Morgan fingerprint density at radius 3 is 2.60 bits per heavy atom. The molecule has 2 rings (SSSR count). The summed E-state index contributed by atoms with van der Waals surface area (Å²) in [5, 5.41) is 2.77. The molecule has 2 amide bonds. The van der Waals surface area contributed by atoms with Crippen molar-refractivity contribution in [1.82, 2.24) is 10.2 Å². The number of amides is 2. The van der Waals surface area contributed by atoms with E-state index in [1.807, 2.05) is 18.7 Å². The molecule has 0 unspecified atom stereocenters. The minimum absolute atomic E-state index is 0.108. The zero-order valence-corrected chi connectivity index (χ0v) is 12.1. The van der Waals surface area contributed by atoms with E-state index in [0.29, 0.717) is 6.54 Å². The van der Waals surface area contributed by atoms with Crippen LogP contribution in [0.2, 0.25) is 0 Å². The van der Waals surface area contributed by atoms with E-state index >= 15 is 0 Å². The molecule has 1 aromatic heterocycles. The highest BCUT2D eigenvalue weighted by atomic mass is 16.3. The van der Waals surface area contributed by atoms with Crippen LogP contribution in [-0.2, 0) is 4.79 Å². The van der Waals surface area contributed by atoms with Gasteiger partial charge in [-0.1, -0.05) is 0 Å². The predicted molar refractivity (Wildman–Crippen MR) is 75.3 cm³/mol. The second-order valence-corrected chi connectivity index (χ2v) is 5.90. The number of nitrogens with zero attached hydrogens (tertiary/aromatic N) is 1. The van der Waals surface area contributed by atoms with Crippen molar-refractivity contribution in [3.8, 4) is 0 Å². The molecule has 2 heterocycles. The standard InChI is InChI=1S/C15H22N2O3/c1-15(2,14(19)17-8-4-3-5-9-17)11-16-13(18)12-7-6-10-20-12/h6-7,10H,3-5,8-9,11H2,1-2H3,(H,16,18). The fourth-order valence-electron chi connectivity index (χ4n) is 2.40. The third-order valence-corrected chi connectivity index (χ3v) is 3.66. The molecule has 1 N–H and O–H groups in total. The van der Waals surface area contributed by atoms with Gasteiger partial charge in [-0.3, -0.25) is 9.59 Å². The van der Waals surface area contributed by atoms with Crippen molar-refractivity contribution in [1.29, 1.82) is 0 Å². The van der Waals surface area contributed by atoms with Gasteiger partial charge in [-0.15, -0.1) is 0 Å². The molecule has 20 heavy (non-hydrogen) atoms. The van der Waals surface area contributed by atoms with Gasteiger partial charge in [-0.2, -0.15) is 0 Å². The summed E-state index contributed by atoms with van der Waals surface area (Å²) in [6, 6.07) is 3.27. The van der Waals surface area contributed by atoms with E-state index in [-0.39, 0.29) is 17.6 Å². The van der Waals surface area contributed by atoms with Gasteiger partial charge < -0.3 is 14.6 Å². The Labute approximate surface area is 119 Å². The maximum atomic E-state index is 12.5. The van der Waals surface area contributed by atoms with E-state index < -0.39 is 5.41 Å². The molecule has 0 spiro atoms. The number of carbonyl (C=O) groups is 2. The minimum atomic E-state index is -0.598. The molecule has 1 fully saturated rings. The van der Waals surface area contributed by atoms with Gasteiger partial charge in [0.2, 0.25) is 5.91 Å². The highest BCUT2D eigenvalue weighted by Gasteiger charge is 2.33. The molecule has 1 aliphatic rings. The third-order valence-electron chi connectivity index (χ3n) is 3.66. The predicted octanol–water partition coefficient (Wildman–Crippen LogP) is 2.05. The molecule has 5 heteroatoms. The highest BCUT2D eigenvalue weighted by molar-refractivity contribution is 5.92. The van der Waals surface area contributed by atoms with Crippen LogP contribution in [0.15, 0.2) is 22.8 Å². The van der Waals surface area contributed by atoms with Gasteiger partial charge in [0, 0.05) is 19.6 Å². The summed E-state index contributed by atoms with van der Waals surface area (Å²) in [4.78, 5) is 26.2. The van der Waals surface area contributed by atoms with Crippen molar-refractivity contribution in [3.05, 3.63) is 24.2 Å². The number of hydrogen-bond acceptors (Lipinski definition) is 3. The van der Waals surface area contributed by atoms with Crippen LogP contribution in [0.4, 0.5) is 0 Å². The quantitative estimate of drug-likeness (QED) is 0.916. The van der Waals surface area contributed by atoms with Gasteiger partial charge in [-0.05, 0) is 45.2 Å². The topological polar surface area (TPSA) is 62.6 Å². The van der Waals surface area contributed by atoms with Crippen molar-refractivity contribution in [2.45, 2.75) is 33.1 Å². The summed E-state index contributed by atoms with van der Waals surface area (Å²) in [5.41, 5.74) is -0.598. The van der Waals surface area contributed by atoms with E-state index in [4.69, 9.17) is 4.42 Å². The fraction of sp³-hybridized carbons (Fsp3) is 0.600. The molecule has 5 nitrogen and oxygen atoms in total. The molecule has 0 radical (unpaired) electrons. The summed E-state index contributed by atoms with van der Waals surface area (Å²) in [7, 11) is 0. The third kappa shape index (κ3) is 3.40. The van der Waals surface area contributed by atoms with Crippen LogP contribution in [0.25, 0.3) is 0 Å². The Balaban J connectivity index is 1.89. The van der Waals surface area contributed by atoms with Crippen molar-refractivity contribution in [2.24, 2.45) is 5.41 Å². The molecule has 0 saturated carbocycles. The number of carbonyl (C=O) groups excluding carboxylic acids is 2. The van der Waals surface area contributed by atoms with Crippen LogP contribution in [0.3, 0.4) is 0 Å². The molecule has 1 aromatic rings. The smallest absolute Gasteiger partial charge is 0.287 e. The Kier molecular flexibility index (Phi) is 4.47. The average Bonchev–Trinajstić information content (AvgIpc) is 2.99. The monoisotopic (exact) mass is 278 g/mol. The van der Waals surface area contributed by atoms with Crippen LogP contribution in [0.1, 0.15) is 43.7 Å². The van der Waals surface area contributed by atoms with E-state index in [2.05, 4.69) is 5.32 Å². The van der Waals surface area contributed by atoms with Crippen molar-refractivity contribution in [3.63, 3.8) is 0 Å². The van der Waals surface area contributed by atoms with E-state index in [0.717, 1.165) is 25.9 Å². The average molecular weight is 278 g/mol. The molecule has 0 bridgehead atoms. The molecule has 1 saturated heterocycles. The second-order valence-electron chi connectivity index (χ2n) is 5.90. The lowest BCUT2D eigenvalue weighted by atomic mass is 9.90. The Hall–Kier alpha value is -1.78. The van der Waals surface area contributed by atoms with Crippen LogP contribution in [0.5, 0.6) is 0 Å². The molecular weight excluding hydrogens is 256 g/mol. The maximum Gasteiger partial charge on any atom is 0.287 e. The number of piperidine rings is 1. The highest BCUT2D eigenvalue weighted by Crippen LogP contribution is 2.21. The summed E-state index contributed by atoms with van der Waals surface area (Å²) < 4.78 is 5.03. The van der Waals surface area contributed by atoms with Gasteiger partial charge in [0.15, 0.2) is 5.76 Å². The molecule has 0 aliphatic carbocycles. The second kappa shape index (κ2) is 6.11. The number of rotatable bonds is 4. The van der Waals surface area contributed by atoms with Crippen LogP contribution < -0.4 is 5.32 Å². The molecule has 0 aromatic carbocycles. The number of hydrogen-bond donors (Lipinski definition) is 1. The SMILES string of the molecule is CC(C)(CNC(=O)c1ccco1)C(=O)N1CCCCC1. The summed E-state index contributed by atoms with van der Waals surface area (Å²) in [6.07, 6.45) is 4.79. The summed E-state index contributed by atoms with van der Waals surface area (Å²) >= 11 is 0. The van der Waals surface area contributed by atoms with Crippen molar-refractivity contribution in [2.75, 3.05) is 19.6 Å². The maximum absolute atomic E-state index is 12.5. The number of nitrogens with one attached hydrogen (secondary N) is 1. The number of likely N-dealkylation sites (tertiary alicyclic amines) is 1. The molecule has 0 atom stereocenters. The van der Waals surface area contributed by atoms with Gasteiger partial charge in [0.1, 0.15) is 0 Å². The minimum Gasteiger partial charge on any atom is -0.459 e. The van der Waals surface area contributed by atoms with E-state index in [9.17, 15) is 9.59 Å². The first-order chi connectivity index (χ1) is 9.50. The largest absolute Gasteiger partial charge is 0.459 e. The lowest BCUT2D eigenvalue weighted by Gasteiger charge is -2.34. The fourth-order valence-corrected chi connectivity index (χ4v) is 2.40. The van der Waals surface area contributed by atoms with Crippen molar-refractivity contribution >= 4 is 11.8 Å². The van der Waals surface area contributed by atoms with Crippen LogP contribution >= 0.6 is 0 Å². The van der Waals surface area contributed by atoms with Gasteiger partial charge in [0.05, 0.1) is 11.7 Å². The Bertz CT molecular complexity index is 459. The Morgan fingerprint density at radius 1 is 1.30 bits per heavy atom. The van der Waals surface area contributed by atoms with Gasteiger partial charge >= 0.3 is 0 Å². The first-order valence-corrected chi connectivity index (χ1v) is 7.12. The van der Waals surface area contributed by atoms with Crippen LogP contribution in [0, 0.1) is 5.41 Å². The zero-order valence-electron chi connectivity index (χ0n) is 12.1. The summed E-state index contributed by atoms with van der Waals surface area (Å²) in [5.74, 6) is 0.0951. The first-order valence-electron chi connectivity index (χ1n) is 7.12. The van der Waals surface area contributed by atoms with Gasteiger partial charge in [0.25, 0.3) is 5.91 Å². The molecule has 110 valence electrons. The number of furan rings is 1. The van der Waals surface area contributed by atoms with E-state index in [1.165, 1.54) is 12.7 Å². The van der Waals surface area contributed by atoms with Crippen LogP contribution in [-0.4, -0.2) is 36.3 Å². The lowest BCUT2D eigenvalue weighted by Crippen LogP contribution is -2.48. The Morgan fingerprint density at radius 2 is 2.00 bits per heavy atom. The van der Waals surface area contributed by atoms with Crippen molar-refractivity contribution < 1.29 is 14.0 Å². The normalized spacial score (nSPS) is 16.0. The summed E-state index contributed by atoms with van der Waals surface area (Å²) in [6.45, 7) is 5.70. The van der Waals surface area contributed by atoms with E-state index in [1.54, 1.807) is 12.1 Å². The van der Waals surface area contributed by atoms with Gasteiger partial charge in [-0.25, -0.2) is 0 Å². The zero-order chi connectivity index (χ0) is 14.6. The first kappa shape index (κ1) is 14.6. The lowest BCUT2D eigenvalue weighted by molar-refractivity contribution is -0.140. The molecular formula is C15H22N2O3.